The van der Waals surface area contributed by atoms with Gasteiger partial charge in [-0.25, -0.2) is 0 Å². The van der Waals surface area contributed by atoms with E-state index in [1.165, 1.54) is 0 Å². The lowest BCUT2D eigenvalue weighted by Crippen LogP contribution is -2.34. The van der Waals surface area contributed by atoms with Crippen LogP contribution in [0.1, 0.15) is 5.56 Å². The van der Waals surface area contributed by atoms with E-state index in [9.17, 15) is 4.79 Å². The lowest BCUT2D eigenvalue weighted by Gasteiger charge is -2.18. The van der Waals surface area contributed by atoms with E-state index >= 15 is 0 Å². The van der Waals surface area contributed by atoms with Crippen LogP contribution in [0.2, 0.25) is 0 Å². The molecule has 0 N–H and O–H groups in total. The molecule has 1 aromatic carbocycles. The standard InChI is InChI=1S/C12H18N2O2/c1-13(2)12(15)9-14(3)16-10-11-7-5-4-6-8-11/h4-8H,9-10H2,1-3H3. The zero-order chi connectivity index (χ0) is 12.0. The third-order valence-electron chi connectivity index (χ3n) is 2.15. The Balaban J connectivity index is 2.30. The molecule has 1 aromatic rings. The molecule has 88 valence electrons. The Bertz CT molecular complexity index is 325. The number of hydroxylamine groups is 2. The summed E-state index contributed by atoms with van der Waals surface area (Å²) in [6, 6.07) is 9.86. The number of hydrogen-bond donors (Lipinski definition) is 0. The minimum atomic E-state index is 0.0237. The molecule has 0 saturated carbocycles. The van der Waals surface area contributed by atoms with Crippen molar-refractivity contribution in [2.75, 3.05) is 27.7 Å². The molecule has 0 aliphatic heterocycles. The van der Waals surface area contributed by atoms with Gasteiger partial charge in [0.15, 0.2) is 0 Å². The van der Waals surface area contributed by atoms with Gasteiger partial charge in [0.05, 0.1) is 6.61 Å². The van der Waals surface area contributed by atoms with Crippen molar-refractivity contribution in [3.8, 4) is 0 Å². The second-order valence-corrected chi connectivity index (χ2v) is 3.83. The molecule has 0 heterocycles. The summed E-state index contributed by atoms with van der Waals surface area (Å²) in [4.78, 5) is 18.3. The van der Waals surface area contributed by atoms with E-state index in [-0.39, 0.29) is 12.5 Å². The Hall–Kier alpha value is -1.39. The normalized spacial score (nSPS) is 10.5. The van der Waals surface area contributed by atoms with Gasteiger partial charge in [0.1, 0.15) is 6.54 Å². The summed E-state index contributed by atoms with van der Waals surface area (Å²) >= 11 is 0. The van der Waals surface area contributed by atoms with E-state index in [4.69, 9.17) is 4.84 Å². The van der Waals surface area contributed by atoms with Gasteiger partial charge in [-0.1, -0.05) is 30.3 Å². The van der Waals surface area contributed by atoms with Crippen LogP contribution in [0.5, 0.6) is 0 Å². The number of carbonyl (C=O) groups is 1. The number of amides is 1. The molecule has 1 amide bonds. The molecule has 0 spiro atoms. The zero-order valence-electron chi connectivity index (χ0n) is 10.0. The Morgan fingerprint density at radius 2 is 1.81 bits per heavy atom. The molecule has 0 aliphatic carbocycles. The largest absolute Gasteiger partial charge is 0.348 e. The Morgan fingerprint density at radius 1 is 1.19 bits per heavy atom. The first-order valence-corrected chi connectivity index (χ1v) is 5.17. The van der Waals surface area contributed by atoms with Gasteiger partial charge in [0, 0.05) is 21.1 Å². The maximum Gasteiger partial charge on any atom is 0.238 e. The first-order valence-electron chi connectivity index (χ1n) is 5.17. The molecule has 0 saturated heterocycles. The summed E-state index contributed by atoms with van der Waals surface area (Å²) in [6.07, 6.45) is 0. The van der Waals surface area contributed by atoms with Gasteiger partial charge in [-0.2, -0.15) is 5.06 Å². The Kier molecular flexibility index (Phi) is 4.95. The third kappa shape index (κ3) is 4.42. The summed E-state index contributed by atoms with van der Waals surface area (Å²) < 4.78 is 0. The molecule has 0 aromatic heterocycles. The van der Waals surface area contributed by atoms with Gasteiger partial charge >= 0.3 is 0 Å². The smallest absolute Gasteiger partial charge is 0.238 e. The molecule has 0 aliphatic rings. The highest BCUT2D eigenvalue weighted by Crippen LogP contribution is 2.01. The molecule has 0 unspecified atom stereocenters. The maximum atomic E-state index is 11.4. The number of hydrogen-bond acceptors (Lipinski definition) is 3. The lowest BCUT2D eigenvalue weighted by atomic mass is 10.2. The molecule has 1 rings (SSSR count). The lowest BCUT2D eigenvalue weighted by molar-refractivity contribution is -0.166. The van der Waals surface area contributed by atoms with Crippen molar-refractivity contribution in [2.24, 2.45) is 0 Å². The molecule has 0 bridgehead atoms. The van der Waals surface area contributed by atoms with E-state index < -0.39 is 0 Å². The average molecular weight is 222 g/mol. The number of nitrogens with zero attached hydrogens (tertiary/aromatic N) is 2. The van der Waals surface area contributed by atoms with Crippen molar-refractivity contribution in [1.29, 1.82) is 0 Å². The molecular weight excluding hydrogens is 204 g/mol. The van der Waals surface area contributed by atoms with E-state index in [0.29, 0.717) is 6.61 Å². The van der Waals surface area contributed by atoms with Crippen LogP contribution >= 0.6 is 0 Å². The Morgan fingerprint density at radius 3 is 2.38 bits per heavy atom. The first-order chi connectivity index (χ1) is 7.59. The minimum absolute atomic E-state index is 0.0237. The molecule has 4 nitrogen and oxygen atoms in total. The fourth-order valence-corrected chi connectivity index (χ4v) is 1.14. The summed E-state index contributed by atoms with van der Waals surface area (Å²) in [6.45, 7) is 0.748. The fourth-order valence-electron chi connectivity index (χ4n) is 1.14. The summed E-state index contributed by atoms with van der Waals surface area (Å²) in [5.74, 6) is 0.0237. The van der Waals surface area contributed by atoms with Gasteiger partial charge in [0.25, 0.3) is 0 Å². The van der Waals surface area contributed by atoms with Crippen LogP contribution in [0.3, 0.4) is 0 Å². The fraction of sp³-hybridized carbons (Fsp3) is 0.417. The van der Waals surface area contributed by atoms with E-state index in [1.54, 1.807) is 31.1 Å². The van der Waals surface area contributed by atoms with Crippen LogP contribution in [0.4, 0.5) is 0 Å². The predicted molar refractivity (Wildman–Crippen MR) is 62.6 cm³/mol. The number of benzene rings is 1. The molecule has 0 radical (unpaired) electrons. The number of carbonyl (C=O) groups excluding carboxylic acids is 1. The first kappa shape index (κ1) is 12.7. The van der Waals surface area contributed by atoms with Gasteiger partial charge in [-0.15, -0.1) is 0 Å². The highest BCUT2D eigenvalue weighted by Gasteiger charge is 2.08. The molecule has 0 fully saturated rings. The predicted octanol–water partition coefficient (Wildman–Crippen LogP) is 1.14. The quantitative estimate of drug-likeness (QED) is 0.700. The monoisotopic (exact) mass is 222 g/mol. The van der Waals surface area contributed by atoms with Crippen molar-refractivity contribution in [3.05, 3.63) is 35.9 Å². The van der Waals surface area contributed by atoms with Crippen LogP contribution in [-0.4, -0.2) is 43.6 Å². The third-order valence-corrected chi connectivity index (χ3v) is 2.15. The van der Waals surface area contributed by atoms with Crippen molar-refractivity contribution < 1.29 is 9.63 Å². The molecule has 0 atom stereocenters. The highest BCUT2D eigenvalue weighted by atomic mass is 16.7. The summed E-state index contributed by atoms with van der Waals surface area (Å²) in [5.41, 5.74) is 1.09. The average Bonchev–Trinajstić information content (AvgIpc) is 2.27. The van der Waals surface area contributed by atoms with Gasteiger partial charge in [0.2, 0.25) is 5.91 Å². The van der Waals surface area contributed by atoms with Crippen LogP contribution < -0.4 is 0 Å². The second-order valence-electron chi connectivity index (χ2n) is 3.83. The molecule has 4 heteroatoms. The summed E-state index contributed by atoms with van der Waals surface area (Å²) in [7, 11) is 5.21. The summed E-state index contributed by atoms with van der Waals surface area (Å²) in [5, 5.41) is 1.55. The van der Waals surface area contributed by atoms with E-state index in [2.05, 4.69) is 0 Å². The van der Waals surface area contributed by atoms with Crippen LogP contribution in [0, 0.1) is 0 Å². The van der Waals surface area contributed by atoms with Crippen molar-refractivity contribution >= 4 is 5.91 Å². The van der Waals surface area contributed by atoms with Crippen molar-refractivity contribution in [2.45, 2.75) is 6.61 Å². The van der Waals surface area contributed by atoms with Crippen LogP contribution in [-0.2, 0) is 16.2 Å². The minimum Gasteiger partial charge on any atom is -0.348 e. The van der Waals surface area contributed by atoms with Gasteiger partial charge < -0.3 is 4.90 Å². The highest BCUT2D eigenvalue weighted by molar-refractivity contribution is 5.77. The van der Waals surface area contributed by atoms with Crippen molar-refractivity contribution in [3.63, 3.8) is 0 Å². The second kappa shape index (κ2) is 6.25. The zero-order valence-corrected chi connectivity index (χ0v) is 10.0. The molecular formula is C12H18N2O2. The molecule has 16 heavy (non-hydrogen) atoms. The van der Waals surface area contributed by atoms with Gasteiger partial charge in [-0.05, 0) is 5.56 Å². The van der Waals surface area contributed by atoms with E-state index in [0.717, 1.165) is 5.56 Å². The number of rotatable bonds is 5. The van der Waals surface area contributed by atoms with Crippen LogP contribution in [0.25, 0.3) is 0 Å². The SMILES string of the molecule is CN(CC(=O)N(C)C)OCc1ccccc1. The number of likely N-dealkylation sites (N-methyl/N-ethyl adjacent to an activating group) is 2. The topological polar surface area (TPSA) is 32.8 Å². The van der Waals surface area contributed by atoms with Gasteiger partial charge in [-0.3, -0.25) is 9.63 Å². The van der Waals surface area contributed by atoms with Crippen molar-refractivity contribution in [1.82, 2.24) is 9.96 Å². The Labute approximate surface area is 96.4 Å². The maximum absolute atomic E-state index is 11.4. The van der Waals surface area contributed by atoms with Crippen LogP contribution in [0.15, 0.2) is 30.3 Å². The van der Waals surface area contributed by atoms with E-state index in [1.807, 2.05) is 30.3 Å².